The van der Waals surface area contributed by atoms with E-state index in [4.69, 9.17) is 9.47 Å². The van der Waals surface area contributed by atoms with Crippen molar-refractivity contribution in [2.75, 3.05) is 26.1 Å². The number of benzene rings is 2. The van der Waals surface area contributed by atoms with Crippen LogP contribution in [0.3, 0.4) is 0 Å². The number of carbonyl (C=O) groups excluding carboxylic acids is 1. The van der Waals surface area contributed by atoms with Crippen LogP contribution < -0.4 is 20.1 Å². The molecule has 2 N–H and O–H groups in total. The van der Waals surface area contributed by atoms with Gasteiger partial charge in [0.15, 0.2) is 0 Å². The Morgan fingerprint density at radius 3 is 2.39 bits per heavy atom. The highest BCUT2D eigenvalue weighted by atomic mass is 79.9. The van der Waals surface area contributed by atoms with Crippen molar-refractivity contribution >= 4 is 27.6 Å². The lowest BCUT2D eigenvalue weighted by Crippen LogP contribution is -2.30. The molecule has 0 aromatic heterocycles. The molecule has 0 unspecified atom stereocenters. The minimum atomic E-state index is -0.268. The van der Waals surface area contributed by atoms with Gasteiger partial charge in [-0.2, -0.15) is 0 Å². The Morgan fingerprint density at radius 1 is 1.09 bits per heavy atom. The third-order valence-corrected chi connectivity index (χ3v) is 3.69. The van der Waals surface area contributed by atoms with Crippen LogP contribution >= 0.6 is 15.9 Å². The number of rotatable bonds is 6. The smallest absolute Gasteiger partial charge is 0.319 e. The Morgan fingerprint density at radius 2 is 1.78 bits per heavy atom. The zero-order chi connectivity index (χ0) is 16.7. The molecule has 2 aromatic rings. The van der Waals surface area contributed by atoms with Crippen molar-refractivity contribution in [3.63, 3.8) is 0 Å². The molecule has 0 aliphatic heterocycles. The van der Waals surface area contributed by atoms with Gasteiger partial charge in [-0.3, -0.25) is 0 Å². The molecular formula is C17H19BrN2O3. The number of nitrogens with one attached hydrogen (secondary N) is 2. The normalized spacial score (nSPS) is 10.0. The van der Waals surface area contributed by atoms with Crippen LogP contribution in [0.15, 0.2) is 46.9 Å². The van der Waals surface area contributed by atoms with E-state index in [1.54, 1.807) is 32.4 Å². The van der Waals surface area contributed by atoms with Crippen molar-refractivity contribution in [3.8, 4) is 11.5 Å². The molecule has 0 atom stereocenters. The molecule has 0 aliphatic carbocycles. The second-order valence-electron chi connectivity index (χ2n) is 4.86. The topological polar surface area (TPSA) is 59.6 Å². The van der Waals surface area contributed by atoms with Crippen LogP contribution in [0, 0.1) is 0 Å². The molecule has 0 saturated carbocycles. The molecule has 23 heavy (non-hydrogen) atoms. The van der Waals surface area contributed by atoms with Crippen LogP contribution in [0.5, 0.6) is 11.5 Å². The van der Waals surface area contributed by atoms with Gasteiger partial charge in [0.2, 0.25) is 0 Å². The standard InChI is InChI=1S/C17H19BrN2O3/c1-22-15-9-14(10-16(11-15)23-2)20-17(21)19-7-6-12-4-3-5-13(18)8-12/h3-5,8-11H,6-7H2,1-2H3,(H2,19,20,21). The lowest BCUT2D eigenvalue weighted by Gasteiger charge is -2.11. The second-order valence-corrected chi connectivity index (χ2v) is 5.78. The van der Waals surface area contributed by atoms with Gasteiger partial charge in [-0.25, -0.2) is 4.79 Å². The summed E-state index contributed by atoms with van der Waals surface area (Å²) in [6, 6.07) is 12.9. The first-order valence-corrected chi connectivity index (χ1v) is 7.92. The van der Waals surface area contributed by atoms with Crippen LogP contribution in [0.2, 0.25) is 0 Å². The molecule has 122 valence electrons. The highest BCUT2D eigenvalue weighted by Crippen LogP contribution is 2.25. The van der Waals surface area contributed by atoms with Crippen molar-refractivity contribution in [1.29, 1.82) is 0 Å². The predicted octanol–water partition coefficient (Wildman–Crippen LogP) is 3.83. The van der Waals surface area contributed by atoms with E-state index >= 15 is 0 Å². The van der Waals surface area contributed by atoms with Gasteiger partial charge in [0.25, 0.3) is 0 Å². The first-order valence-electron chi connectivity index (χ1n) is 7.13. The number of carbonyl (C=O) groups is 1. The fourth-order valence-corrected chi connectivity index (χ4v) is 2.51. The average Bonchev–Trinajstić information content (AvgIpc) is 2.54. The summed E-state index contributed by atoms with van der Waals surface area (Å²) in [4.78, 5) is 12.0. The van der Waals surface area contributed by atoms with E-state index in [2.05, 4.69) is 26.6 Å². The number of halogens is 1. The quantitative estimate of drug-likeness (QED) is 0.802. The predicted molar refractivity (Wildman–Crippen MR) is 94.4 cm³/mol. The van der Waals surface area contributed by atoms with Crippen LogP contribution in [0.25, 0.3) is 0 Å². The zero-order valence-electron chi connectivity index (χ0n) is 13.1. The van der Waals surface area contributed by atoms with E-state index in [1.807, 2.05) is 24.3 Å². The maximum atomic E-state index is 12.0. The maximum Gasteiger partial charge on any atom is 0.319 e. The Kier molecular flexibility index (Phi) is 6.29. The summed E-state index contributed by atoms with van der Waals surface area (Å²) >= 11 is 3.43. The van der Waals surface area contributed by atoms with Crippen molar-refractivity contribution in [2.24, 2.45) is 0 Å². The van der Waals surface area contributed by atoms with E-state index < -0.39 is 0 Å². The first-order chi connectivity index (χ1) is 11.1. The summed E-state index contributed by atoms with van der Waals surface area (Å²) in [6.07, 6.45) is 0.758. The molecule has 0 saturated heterocycles. The fourth-order valence-electron chi connectivity index (χ4n) is 2.07. The number of amides is 2. The highest BCUT2D eigenvalue weighted by Gasteiger charge is 2.06. The maximum absolute atomic E-state index is 12.0. The fraction of sp³-hybridized carbons (Fsp3) is 0.235. The summed E-state index contributed by atoms with van der Waals surface area (Å²) in [5.41, 5.74) is 1.77. The largest absolute Gasteiger partial charge is 0.497 e. The van der Waals surface area contributed by atoms with Crippen LogP contribution in [0.4, 0.5) is 10.5 Å². The summed E-state index contributed by atoms with van der Waals surface area (Å²) < 4.78 is 11.4. The van der Waals surface area contributed by atoms with Gasteiger partial charge in [-0.15, -0.1) is 0 Å². The van der Waals surface area contributed by atoms with E-state index in [0.717, 1.165) is 16.5 Å². The molecule has 0 spiro atoms. The molecule has 2 rings (SSSR count). The van der Waals surface area contributed by atoms with Crippen molar-refractivity contribution in [2.45, 2.75) is 6.42 Å². The van der Waals surface area contributed by atoms with Crippen LogP contribution in [-0.2, 0) is 6.42 Å². The molecule has 0 fully saturated rings. The number of ether oxygens (including phenoxy) is 2. The number of hydrogen-bond acceptors (Lipinski definition) is 3. The molecule has 6 heteroatoms. The van der Waals surface area contributed by atoms with Crippen molar-refractivity contribution in [1.82, 2.24) is 5.32 Å². The molecular weight excluding hydrogens is 360 g/mol. The first kappa shape index (κ1) is 17.1. The van der Waals surface area contributed by atoms with Gasteiger partial charge >= 0.3 is 6.03 Å². The molecule has 2 amide bonds. The highest BCUT2D eigenvalue weighted by molar-refractivity contribution is 9.10. The zero-order valence-corrected chi connectivity index (χ0v) is 14.6. The molecule has 2 aromatic carbocycles. The van der Waals surface area contributed by atoms with E-state index in [9.17, 15) is 4.79 Å². The van der Waals surface area contributed by atoms with Gasteiger partial charge in [0.05, 0.1) is 14.2 Å². The molecule has 0 bridgehead atoms. The minimum Gasteiger partial charge on any atom is -0.497 e. The van der Waals surface area contributed by atoms with E-state index in [1.165, 1.54) is 0 Å². The van der Waals surface area contributed by atoms with Gasteiger partial charge in [-0.05, 0) is 24.1 Å². The SMILES string of the molecule is COc1cc(NC(=O)NCCc2cccc(Br)c2)cc(OC)c1. The van der Waals surface area contributed by atoms with Gasteiger partial charge in [-0.1, -0.05) is 28.1 Å². The van der Waals surface area contributed by atoms with Crippen LogP contribution in [-0.4, -0.2) is 26.8 Å². The third-order valence-electron chi connectivity index (χ3n) is 3.20. The Bertz CT molecular complexity index is 654. The summed E-state index contributed by atoms with van der Waals surface area (Å²) in [6.45, 7) is 0.545. The lowest BCUT2D eigenvalue weighted by atomic mass is 10.1. The molecule has 0 heterocycles. The number of anilines is 1. The molecule has 0 aliphatic rings. The van der Waals surface area contributed by atoms with Gasteiger partial charge in [0.1, 0.15) is 11.5 Å². The lowest BCUT2D eigenvalue weighted by molar-refractivity contribution is 0.252. The molecule has 5 nitrogen and oxygen atoms in total. The van der Waals surface area contributed by atoms with Gasteiger partial charge in [0, 0.05) is 34.9 Å². The van der Waals surface area contributed by atoms with Crippen LogP contribution in [0.1, 0.15) is 5.56 Å². The Balaban J connectivity index is 1.87. The summed E-state index contributed by atoms with van der Waals surface area (Å²) in [7, 11) is 3.13. The molecule has 0 radical (unpaired) electrons. The summed E-state index contributed by atoms with van der Waals surface area (Å²) in [5.74, 6) is 1.24. The monoisotopic (exact) mass is 378 g/mol. The average molecular weight is 379 g/mol. The Labute approximate surface area is 144 Å². The second kappa shape index (κ2) is 8.43. The van der Waals surface area contributed by atoms with Crippen molar-refractivity contribution < 1.29 is 14.3 Å². The number of hydrogen-bond donors (Lipinski definition) is 2. The van der Waals surface area contributed by atoms with Gasteiger partial charge < -0.3 is 20.1 Å². The van der Waals surface area contributed by atoms with Crippen molar-refractivity contribution in [3.05, 3.63) is 52.5 Å². The minimum absolute atomic E-state index is 0.268. The third kappa shape index (κ3) is 5.49. The van der Waals surface area contributed by atoms with E-state index in [0.29, 0.717) is 23.7 Å². The summed E-state index contributed by atoms with van der Waals surface area (Å²) in [5, 5.41) is 5.60. The van der Waals surface area contributed by atoms with E-state index in [-0.39, 0.29) is 6.03 Å². The Hall–Kier alpha value is -2.21. The number of methoxy groups -OCH3 is 2. The number of urea groups is 1.